The fourth-order valence-corrected chi connectivity index (χ4v) is 2.62. The summed E-state index contributed by atoms with van der Waals surface area (Å²) < 4.78 is 24.1. The number of sulfonamides is 1. The van der Waals surface area contributed by atoms with Crippen LogP contribution in [-0.4, -0.2) is 30.5 Å². The molecule has 1 atom stereocenters. The monoisotopic (exact) mass is 257 g/mol. The van der Waals surface area contributed by atoms with Crippen molar-refractivity contribution in [3.63, 3.8) is 0 Å². The predicted molar refractivity (Wildman–Crippen MR) is 54.8 cm³/mol. The van der Waals surface area contributed by atoms with Crippen molar-refractivity contribution in [2.75, 3.05) is 11.7 Å². The molecule has 0 aromatic rings. The van der Waals surface area contributed by atoms with Crippen molar-refractivity contribution in [1.29, 1.82) is 0 Å². The van der Waals surface area contributed by atoms with Gasteiger partial charge in [0.25, 0.3) is 0 Å². The summed E-state index contributed by atoms with van der Waals surface area (Å²) in [5.74, 6) is 0.337. The molecule has 0 bridgehead atoms. The largest absolute Gasteiger partial charge is 0.224 e. The lowest BCUT2D eigenvalue weighted by Gasteiger charge is -2.26. The Hall–Kier alpha value is 0.390. The Morgan fingerprint density at radius 1 is 1.33 bits per heavy atom. The fraction of sp³-hybridized carbons (Fsp3) is 1.00. The van der Waals surface area contributed by atoms with Crippen LogP contribution >= 0.6 is 15.9 Å². The maximum absolute atomic E-state index is 11.3. The number of nitrogens with zero attached hydrogens (tertiary/aromatic N) is 1. The molecule has 0 spiro atoms. The number of hydrogen-bond donors (Lipinski definition) is 0. The highest BCUT2D eigenvalue weighted by Gasteiger charge is 2.23. The van der Waals surface area contributed by atoms with Crippen LogP contribution < -0.4 is 0 Å². The minimum Gasteiger partial charge on any atom is -0.211 e. The Kier molecular flexibility index (Phi) is 4.73. The first-order valence-corrected chi connectivity index (χ1v) is 6.57. The molecule has 3 nitrogen and oxygen atoms in total. The fourth-order valence-electron chi connectivity index (χ4n) is 0.750. The molecule has 0 fully saturated rings. The van der Waals surface area contributed by atoms with Gasteiger partial charge in [0.2, 0.25) is 10.0 Å². The Morgan fingerprint density at radius 2 is 1.75 bits per heavy atom. The van der Waals surface area contributed by atoms with Crippen LogP contribution in [0.4, 0.5) is 0 Å². The second kappa shape index (κ2) is 4.58. The maximum Gasteiger partial charge on any atom is 0.224 e. The maximum atomic E-state index is 11.3. The highest BCUT2D eigenvalue weighted by molar-refractivity contribution is 9.10. The van der Waals surface area contributed by atoms with E-state index in [-0.39, 0.29) is 10.7 Å². The highest BCUT2D eigenvalue weighted by Crippen LogP contribution is 2.13. The second-order valence-electron chi connectivity index (χ2n) is 3.22. The Balaban J connectivity index is 4.50. The van der Waals surface area contributed by atoms with Gasteiger partial charge in [-0.05, 0) is 12.8 Å². The summed E-state index contributed by atoms with van der Waals surface area (Å²) in [4.78, 5) is 0. The lowest BCUT2D eigenvalue weighted by molar-refractivity contribution is 0.317. The lowest BCUT2D eigenvalue weighted by atomic mass is 10.1. The molecule has 0 aliphatic rings. The SMILES string of the molecule is CC(C)C(C)N(C)S(=O)(=O)CBr. The summed E-state index contributed by atoms with van der Waals surface area (Å²) >= 11 is 2.96. The quantitative estimate of drug-likeness (QED) is 0.719. The summed E-state index contributed by atoms with van der Waals surface area (Å²) in [5.41, 5.74) is 0. The third-order valence-corrected chi connectivity index (χ3v) is 5.34. The van der Waals surface area contributed by atoms with Crippen LogP contribution in [0.15, 0.2) is 0 Å². The molecular weight excluding hydrogens is 242 g/mol. The van der Waals surface area contributed by atoms with Crippen LogP contribution in [-0.2, 0) is 10.0 Å². The van der Waals surface area contributed by atoms with Gasteiger partial charge >= 0.3 is 0 Å². The molecule has 0 saturated heterocycles. The normalized spacial score (nSPS) is 15.6. The van der Waals surface area contributed by atoms with E-state index >= 15 is 0 Å². The number of alkyl halides is 1. The van der Waals surface area contributed by atoms with Crippen molar-refractivity contribution in [2.24, 2.45) is 5.92 Å². The number of rotatable bonds is 4. The molecule has 5 heteroatoms. The van der Waals surface area contributed by atoms with Gasteiger partial charge in [0.05, 0.1) is 0 Å². The molecule has 0 aliphatic carbocycles. The van der Waals surface area contributed by atoms with Gasteiger partial charge in [-0.1, -0.05) is 29.8 Å². The van der Waals surface area contributed by atoms with Gasteiger partial charge in [-0.15, -0.1) is 0 Å². The van der Waals surface area contributed by atoms with Crippen LogP contribution in [0, 0.1) is 5.92 Å². The van der Waals surface area contributed by atoms with E-state index in [9.17, 15) is 8.42 Å². The van der Waals surface area contributed by atoms with Gasteiger partial charge in [-0.2, -0.15) is 0 Å². The first kappa shape index (κ1) is 12.4. The van der Waals surface area contributed by atoms with Gasteiger partial charge < -0.3 is 0 Å². The molecule has 0 saturated carbocycles. The third-order valence-electron chi connectivity index (χ3n) is 2.12. The van der Waals surface area contributed by atoms with E-state index in [1.807, 2.05) is 20.8 Å². The van der Waals surface area contributed by atoms with E-state index in [0.717, 1.165) is 0 Å². The van der Waals surface area contributed by atoms with Gasteiger partial charge in [-0.25, -0.2) is 12.7 Å². The zero-order valence-electron chi connectivity index (χ0n) is 7.91. The zero-order valence-corrected chi connectivity index (χ0v) is 10.3. The Morgan fingerprint density at radius 3 is 2.00 bits per heavy atom. The highest BCUT2D eigenvalue weighted by atomic mass is 79.9. The number of halogens is 1. The molecule has 0 rings (SSSR count). The lowest BCUT2D eigenvalue weighted by Crippen LogP contribution is -2.38. The molecule has 0 N–H and O–H groups in total. The van der Waals surface area contributed by atoms with Crippen molar-refractivity contribution in [3.05, 3.63) is 0 Å². The van der Waals surface area contributed by atoms with Crippen LogP contribution in [0.3, 0.4) is 0 Å². The molecule has 0 aromatic heterocycles. The van der Waals surface area contributed by atoms with E-state index in [0.29, 0.717) is 5.92 Å². The molecule has 0 amide bonds. The van der Waals surface area contributed by atoms with E-state index < -0.39 is 10.0 Å². The Bertz CT molecular complexity index is 226. The average molecular weight is 258 g/mol. The zero-order chi connectivity index (χ0) is 9.94. The molecule has 74 valence electrons. The Labute approximate surface area is 83.3 Å². The molecule has 0 heterocycles. The van der Waals surface area contributed by atoms with Gasteiger partial charge in [0.15, 0.2) is 0 Å². The molecule has 0 aliphatic heterocycles. The van der Waals surface area contributed by atoms with Crippen LogP contribution in [0.5, 0.6) is 0 Å². The summed E-state index contributed by atoms with van der Waals surface area (Å²) in [6, 6.07) is 0.0487. The average Bonchev–Trinajstić information content (AvgIpc) is 2.01. The summed E-state index contributed by atoms with van der Waals surface area (Å²) in [6.45, 7) is 5.92. The van der Waals surface area contributed by atoms with Crippen LogP contribution in [0.25, 0.3) is 0 Å². The smallest absolute Gasteiger partial charge is 0.211 e. The van der Waals surface area contributed by atoms with E-state index in [1.54, 1.807) is 7.05 Å². The molecule has 0 radical (unpaired) electrons. The van der Waals surface area contributed by atoms with Gasteiger partial charge in [0.1, 0.15) is 4.66 Å². The third kappa shape index (κ3) is 3.03. The first-order valence-electron chi connectivity index (χ1n) is 3.84. The molecule has 1 unspecified atom stereocenters. The first-order chi connectivity index (χ1) is 5.33. The van der Waals surface area contributed by atoms with Crippen molar-refractivity contribution in [3.8, 4) is 0 Å². The van der Waals surface area contributed by atoms with Crippen molar-refractivity contribution in [1.82, 2.24) is 4.31 Å². The van der Waals surface area contributed by atoms with Crippen molar-refractivity contribution >= 4 is 26.0 Å². The predicted octanol–water partition coefficient (Wildman–Crippen LogP) is 1.64. The minimum atomic E-state index is -3.09. The van der Waals surface area contributed by atoms with E-state index in [4.69, 9.17) is 0 Å². The second-order valence-corrected chi connectivity index (χ2v) is 6.55. The topological polar surface area (TPSA) is 37.4 Å². The molecule has 12 heavy (non-hydrogen) atoms. The molecule has 0 aromatic carbocycles. The summed E-state index contributed by atoms with van der Waals surface area (Å²) in [6.07, 6.45) is 0. The van der Waals surface area contributed by atoms with Crippen molar-refractivity contribution < 1.29 is 8.42 Å². The van der Waals surface area contributed by atoms with Crippen LogP contribution in [0.1, 0.15) is 20.8 Å². The van der Waals surface area contributed by atoms with Gasteiger partial charge in [-0.3, -0.25) is 0 Å². The van der Waals surface area contributed by atoms with Crippen LogP contribution in [0.2, 0.25) is 0 Å². The number of hydrogen-bond acceptors (Lipinski definition) is 2. The minimum absolute atomic E-state index is 0.00639. The van der Waals surface area contributed by atoms with Crippen molar-refractivity contribution in [2.45, 2.75) is 26.8 Å². The van der Waals surface area contributed by atoms with E-state index in [2.05, 4.69) is 15.9 Å². The standard InChI is InChI=1S/C7H16BrNO2S/c1-6(2)7(3)9(4)12(10,11)5-8/h6-7H,5H2,1-4H3. The summed E-state index contributed by atoms with van der Waals surface area (Å²) in [7, 11) is -1.48. The molecular formula is C7H16BrNO2S. The van der Waals surface area contributed by atoms with E-state index in [1.165, 1.54) is 4.31 Å². The summed E-state index contributed by atoms with van der Waals surface area (Å²) in [5, 5.41) is 0. The van der Waals surface area contributed by atoms with Gasteiger partial charge in [0, 0.05) is 13.1 Å².